The number of ether oxygens (including phenoxy) is 3. The molecule has 0 atom stereocenters. The molecule has 3 rings (SSSR count). The van der Waals surface area contributed by atoms with Crippen LogP contribution in [0.25, 0.3) is 0 Å². The Labute approximate surface area is 175 Å². The summed E-state index contributed by atoms with van der Waals surface area (Å²) in [6.45, 7) is -0.0836. The Hall–Kier alpha value is -3.60. The molecule has 4 amide bonds. The van der Waals surface area contributed by atoms with Crippen molar-refractivity contribution in [1.29, 1.82) is 0 Å². The number of esters is 1. The van der Waals surface area contributed by atoms with E-state index >= 15 is 0 Å². The largest absolute Gasteiger partial charge is 0.493 e. The van der Waals surface area contributed by atoms with E-state index < -0.39 is 30.4 Å². The first-order valence-corrected chi connectivity index (χ1v) is 9.68. The Balaban J connectivity index is 1.81. The number of methoxy groups -OCH3 is 2. The van der Waals surface area contributed by atoms with Gasteiger partial charge in [0.05, 0.1) is 30.3 Å². The summed E-state index contributed by atoms with van der Waals surface area (Å²) in [5.74, 6) is -1.41. The number of nitrogens with one attached hydrogen (secondary N) is 2. The molecule has 1 aliphatic rings. The van der Waals surface area contributed by atoms with Gasteiger partial charge in [0.1, 0.15) is 0 Å². The molecule has 0 unspecified atom stereocenters. The van der Waals surface area contributed by atoms with Crippen LogP contribution in [0, 0.1) is 0 Å². The zero-order valence-corrected chi connectivity index (χ0v) is 17.0. The van der Waals surface area contributed by atoms with Gasteiger partial charge in [-0.3, -0.25) is 14.5 Å². The van der Waals surface area contributed by atoms with Gasteiger partial charge in [-0.15, -0.1) is 11.3 Å². The van der Waals surface area contributed by atoms with Crippen LogP contribution in [0.5, 0.6) is 11.5 Å². The van der Waals surface area contributed by atoms with Crippen LogP contribution >= 0.6 is 11.3 Å². The molecule has 2 aromatic rings. The second-order valence-electron chi connectivity index (χ2n) is 6.04. The molecule has 1 aliphatic heterocycles. The topological polar surface area (TPSA) is 123 Å². The summed E-state index contributed by atoms with van der Waals surface area (Å²) in [4.78, 5) is 50.2. The van der Waals surface area contributed by atoms with Gasteiger partial charge in [-0.1, -0.05) is 6.07 Å². The summed E-state index contributed by atoms with van der Waals surface area (Å²) < 4.78 is 15.5. The molecule has 0 bridgehead atoms. The molecule has 0 aliphatic carbocycles. The van der Waals surface area contributed by atoms with Gasteiger partial charge in [-0.05, 0) is 11.4 Å². The average Bonchev–Trinajstić information content (AvgIpc) is 3.43. The third-order valence-electron chi connectivity index (χ3n) is 4.22. The highest BCUT2D eigenvalue weighted by Gasteiger charge is 2.28. The molecule has 1 saturated heterocycles. The predicted octanol–water partition coefficient (Wildman–Crippen LogP) is 1.73. The summed E-state index contributed by atoms with van der Waals surface area (Å²) in [6.07, 6.45) is 0. The van der Waals surface area contributed by atoms with Crippen molar-refractivity contribution in [3.63, 3.8) is 0 Å². The number of nitrogens with zero attached hydrogens (tertiary/aromatic N) is 1. The second-order valence-corrected chi connectivity index (χ2v) is 6.99. The fourth-order valence-electron chi connectivity index (χ4n) is 2.74. The molecule has 11 heteroatoms. The van der Waals surface area contributed by atoms with E-state index in [9.17, 15) is 19.2 Å². The summed E-state index contributed by atoms with van der Waals surface area (Å²) in [6, 6.07) is 5.60. The van der Waals surface area contributed by atoms with Gasteiger partial charge >= 0.3 is 12.0 Å². The molecule has 158 valence electrons. The summed E-state index contributed by atoms with van der Waals surface area (Å²) >= 11 is 1.24. The minimum atomic E-state index is -0.870. The van der Waals surface area contributed by atoms with Crippen molar-refractivity contribution in [2.24, 2.45) is 0 Å². The molecular weight excluding hydrogens is 414 g/mol. The van der Waals surface area contributed by atoms with Crippen LogP contribution in [0.3, 0.4) is 0 Å². The fourth-order valence-corrected chi connectivity index (χ4v) is 3.35. The van der Waals surface area contributed by atoms with E-state index in [1.165, 1.54) is 37.7 Å². The van der Waals surface area contributed by atoms with Crippen LogP contribution in [0.15, 0.2) is 29.6 Å². The van der Waals surface area contributed by atoms with Crippen LogP contribution < -0.4 is 20.1 Å². The number of amides is 4. The SMILES string of the molecule is COc1cc(NC(=O)c2cccs2)c(C(=O)OCC(=O)N2CCNC2=O)cc1OC. The van der Waals surface area contributed by atoms with E-state index in [-0.39, 0.29) is 23.5 Å². The van der Waals surface area contributed by atoms with Crippen molar-refractivity contribution in [2.75, 3.05) is 39.2 Å². The molecule has 1 aromatic heterocycles. The number of carbonyl (C=O) groups excluding carboxylic acids is 4. The first-order valence-electron chi connectivity index (χ1n) is 8.80. The van der Waals surface area contributed by atoms with Gasteiger partial charge in [-0.2, -0.15) is 0 Å². The van der Waals surface area contributed by atoms with Crippen LogP contribution in [0.2, 0.25) is 0 Å². The maximum atomic E-state index is 12.7. The molecule has 2 heterocycles. The normalized spacial score (nSPS) is 12.9. The lowest BCUT2D eigenvalue weighted by Crippen LogP contribution is -2.37. The second kappa shape index (κ2) is 9.27. The zero-order valence-electron chi connectivity index (χ0n) is 16.2. The van der Waals surface area contributed by atoms with Crippen molar-refractivity contribution in [2.45, 2.75) is 0 Å². The number of urea groups is 1. The third kappa shape index (κ3) is 4.51. The highest BCUT2D eigenvalue weighted by Crippen LogP contribution is 2.34. The predicted molar refractivity (Wildman–Crippen MR) is 107 cm³/mol. The molecule has 1 fully saturated rings. The quantitative estimate of drug-likeness (QED) is 0.638. The van der Waals surface area contributed by atoms with E-state index in [0.717, 1.165) is 4.90 Å². The molecule has 0 radical (unpaired) electrons. The zero-order chi connectivity index (χ0) is 21.7. The minimum absolute atomic E-state index is 0.0313. The third-order valence-corrected chi connectivity index (χ3v) is 5.09. The smallest absolute Gasteiger partial charge is 0.340 e. The van der Waals surface area contributed by atoms with Crippen LogP contribution in [0.4, 0.5) is 10.5 Å². The van der Waals surface area contributed by atoms with Crippen molar-refractivity contribution >= 4 is 40.8 Å². The van der Waals surface area contributed by atoms with Crippen molar-refractivity contribution in [1.82, 2.24) is 10.2 Å². The number of anilines is 1. The number of hydrogen-bond donors (Lipinski definition) is 2. The average molecular weight is 433 g/mol. The molecule has 0 spiro atoms. The first kappa shape index (κ1) is 21.1. The number of hydrogen-bond acceptors (Lipinski definition) is 8. The number of rotatable bonds is 7. The van der Waals surface area contributed by atoms with Crippen LogP contribution in [0.1, 0.15) is 20.0 Å². The Morgan fingerprint density at radius 1 is 1.20 bits per heavy atom. The maximum Gasteiger partial charge on any atom is 0.340 e. The molecular formula is C19H19N3O7S. The maximum absolute atomic E-state index is 12.7. The van der Waals surface area contributed by atoms with Gasteiger partial charge in [0, 0.05) is 25.2 Å². The van der Waals surface area contributed by atoms with Crippen molar-refractivity contribution in [3.05, 3.63) is 40.1 Å². The Morgan fingerprint density at radius 3 is 2.53 bits per heavy atom. The fraction of sp³-hybridized carbons (Fsp3) is 0.263. The Morgan fingerprint density at radius 2 is 1.93 bits per heavy atom. The minimum Gasteiger partial charge on any atom is -0.493 e. The Kier molecular flexibility index (Phi) is 6.52. The first-order chi connectivity index (χ1) is 14.4. The van der Waals surface area contributed by atoms with Crippen molar-refractivity contribution in [3.8, 4) is 11.5 Å². The van der Waals surface area contributed by atoms with Gasteiger partial charge < -0.3 is 24.8 Å². The highest BCUT2D eigenvalue weighted by atomic mass is 32.1. The molecule has 2 N–H and O–H groups in total. The highest BCUT2D eigenvalue weighted by molar-refractivity contribution is 7.12. The monoisotopic (exact) mass is 433 g/mol. The van der Waals surface area contributed by atoms with E-state index in [1.807, 2.05) is 0 Å². The van der Waals surface area contributed by atoms with Gasteiger partial charge in [0.25, 0.3) is 11.8 Å². The van der Waals surface area contributed by atoms with E-state index in [1.54, 1.807) is 17.5 Å². The lowest BCUT2D eigenvalue weighted by Gasteiger charge is -2.16. The number of imide groups is 1. The molecule has 30 heavy (non-hydrogen) atoms. The lowest BCUT2D eigenvalue weighted by atomic mass is 10.1. The standard InChI is InChI=1S/C19H19N3O7S/c1-27-13-8-11(18(25)29-10-16(23)22-6-5-20-19(22)26)12(9-14(13)28-2)21-17(24)15-4-3-7-30-15/h3-4,7-9H,5-6,10H2,1-2H3,(H,20,26)(H,21,24). The number of benzene rings is 1. The summed E-state index contributed by atoms with van der Waals surface area (Å²) in [5.41, 5.74) is 0.0960. The number of carbonyl (C=O) groups is 4. The van der Waals surface area contributed by atoms with Gasteiger partial charge in [-0.25, -0.2) is 9.59 Å². The summed E-state index contributed by atoms with van der Waals surface area (Å²) in [5, 5.41) is 6.88. The van der Waals surface area contributed by atoms with E-state index in [0.29, 0.717) is 17.2 Å². The molecule has 1 aromatic carbocycles. The summed E-state index contributed by atoms with van der Waals surface area (Å²) in [7, 11) is 2.81. The molecule has 0 saturated carbocycles. The molecule has 10 nitrogen and oxygen atoms in total. The number of thiophene rings is 1. The van der Waals surface area contributed by atoms with Gasteiger partial charge in [0.15, 0.2) is 18.1 Å². The lowest BCUT2D eigenvalue weighted by molar-refractivity contribution is -0.130. The van der Waals surface area contributed by atoms with Crippen LogP contribution in [-0.4, -0.2) is 62.6 Å². The van der Waals surface area contributed by atoms with Crippen molar-refractivity contribution < 1.29 is 33.4 Å². The van der Waals surface area contributed by atoms with E-state index in [2.05, 4.69) is 10.6 Å². The van der Waals surface area contributed by atoms with Gasteiger partial charge in [0.2, 0.25) is 0 Å². The van der Waals surface area contributed by atoms with Crippen LogP contribution in [-0.2, 0) is 9.53 Å². The van der Waals surface area contributed by atoms with E-state index in [4.69, 9.17) is 14.2 Å². The Bertz CT molecular complexity index is 975.